The zero-order valence-corrected chi connectivity index (χ0v) is 12.4. The molecule has 1 aromatic rings. The highest BCUT2D eigenvalue weighted by Crippen LogP contribution is 2.39. The second kappa shape index (κ2) is 4.80. The highest BCUT2D eigenvalue weighted by Gasteiger charge is 2.42. The number of amides is 2. The summed E-state index contributed by atoms with van der Waals surface area (Å²) in [5.74, 6) is 0.320. The molecule has 2 amide bonds. The van der Waals surface area contributed by atoms with Crippen LogP contribution < -0.4 is 20.1 Å². The minimum atomic E-state index is -0.575. The van der Waals surface area contributed by atoms with Gasteiger partial charge in [0.2, 0.25) is 12.7 Å². The van der Waals surface area contributed by atoms with Gasteiger partial charge in [0.1, 0.15) is 6.04 Å². The summed E-state index contributed by atoms with van der Waals surface area (Å²) in [7, 11) is 0. The van der Waals surface area contributed by atoms with Crippen LogP contribution in [0.4, 0.5) is 0 Å². The predicted molar refractivity (Wildman–Crippen MR) is 75.6 cm³/mol. The third-order valence-electron chi connectivity index (χ3n) is 3.73. The van der Waals surface area contributed by atoms with Crippen molar-refractivity contribution in [1.82, 2.24) is 10.6 Å². The minimum Gasteiger partial charge on any atom is -0.454 e. The fraction of sp³-hybridized carbons (Fsp3) is 0.429. The molecule has 7 heteroatoms. The Morgan fingerprint density at radius 3 is 2.86 bits per heavy atom. The van der Waals surface area contributed by atoms with Crippen LogP contribution in [0.15, 0.2) is 12.1 Å². The molecule has 1 unspecified atom stereocenters. The molecular formula is C14H15ClN2O4. The molecule has 2 N–H and O–H groups in total. The molecule has 1 atom stereocenters. The molecule has 2 aliphatic rings. The van der Waals surface area contributed by atoms with Crippen LogP contribution in [0.3, 0.4) is 0 Å². The summed E-state index contributed by atoms with van der Waals surface area (Å²) >= 11 is 6.06. The number of hydrogen-bond donors (Lipinski definition) is 2. The van der Waals surface area contributed by atoms with Crippen LogP contribution in [0.2, 0.25) is 5.02 Å². The Hall–Kier alpha value is -1.95. The summed E-state index contributed by atoms with van der Waals surface area (Å²) in [6.07, 6.45) is 0. The largest absolute Gasteiger partial charge is 0.454 e. The van der Waals surface area contributed by atoms with Gasteiger partial charge in [0.15, 0.2) is 11.5 Å². The lowest BCUT2D eigenvalue weighted by Gasteiger charge is -2.24. The van der Waals surface area contributed by atoms with Gasteiger partial charge in [-0.2, -0.15) is 0 Å². The van der Waals surface area contributed by atoms with Crippen LogP contribution in [-0.2, 0) is 4.79 Å². The van der Waals surface area contributed by atoms with Crippen molar-refractivity contribution in [2.24, 2.45) is 5.41 Å². The summed E-state index contributed by atoms with van der Waals surface area (Å²) in [6.45, 7) is 4.45. The average molecular weight is 311 g/mol. The Morgan fingerprint density at radius 2 is 2.19 bits per heavy atom. The van der Waals surface area contributed by atoms with E-state index < -0.39 is 6.04 Å². The van der Waals surface area contributed by atoms with E-state index in [0.717, 1.165) is 0 Å². The minimum absolute atomic E-state index is 0.0815. The molecule has 0 saturated carbocycles. The molecule has 1 saturated heterocycles. The molecular weight excluding hydrogens is 296 g/mol. The highest BCUT2D eigenvalue weighted by molar-refractivity contribution is 6.32. The third-order valence-corrected chi connectivity index (χ3v) is 4.01. The van der Waals surface area contributed by atoms with Gasteiger partial charge in [0, 0.05) is 17.5 Å². The first-order chi connectivity index (χ1) is 9.88. The molecule has 3 rings (SSSR count). The number of fused-ring (bicyclic) bond motifs is 1. The van der Waals surface area contributed by atoms with Gasteiger partial charge < -0.3 is 20.1 Å². The van der Waals surface area contributed by atoms with E-state index in [4.69, 9.17) is 21.1 Å². The van der Waals surface area contributed by atoms with Gasteiger partial charge in [-0.25, -0.2) is 0 Å². The lowest BCUT2D eigenvalue weighted by molar-refractivity contribution is -0.121. The molecule has 1 fully saturated rings. The maximum Gasteiger partial charge on any atom is 0.252 e. The van der Waals surface area contributed by atoms with Crippen molar-refractivity contribution in [3.8, 4) is 11.5 Å². The number of hydrogen-bond acceptors (Lipinski definition) is 4. The van der Waals surface area contributed by atoms with E-state index in [-0.39, 0.29) is 24.0 Å². The molecule has 2 aliphatic heterocycles. The number of ether oxygens (including phenoxy) is 2. The van der Waals surface area contributed by atoms with Crippen molar-refractivity contribution in [1.29, 1.82) is 0 Å². The molecule has 2 heterocycles. The Labute approximate surface area is 126 Å². The van der Waals surface area contributed by atoms with Crippen LogP contribution in [0.25, 0.3) is 0 Å². The SMILES string of the molecule is CC1(C)CNC(=O)C1NC(=O)c1cc(Cl)c2c(c1)OCO2. The summed E-state index contributed by atoms with van der Waals surface area (Å²) in [4.78, 5) is 24.2. The zero-order chi connectivity index (χ0) is 15.2. The Balaban J connectivity index is 1.83. The second-order valence-electron chi connectivity index (χ2n) is 5.80. The lowest BCUT2D eigenvalue weighted by atomic mass is 9.87. The first kappa shape index (κ1) is 14.0. The first-order valence-corrected chi connectivity index (χ1v) is 6.94. The molecule has 0 aromatic heterocycles. The fourth-order valence-electron chi connectivity index (χ4n) is 2.45. The van der Waals surface area contributed by atoms with Crippen LogP contribution in [0, 0.1) is 5.41 Å². The van der Waals surface area contributed by atoms with Crippen molar-refractivity contribution in [3.05, 3.63) is 22.7 Å². The number of benzene rings is 1. The summed E-state index contributed by atoms with van der Waals surface area (Å²) in [5.41, 5.74) is -0.00730. The molecule has 112 valence electrons. The van der Waals surface area contributed by atoms with E-state index in [1.165, 1.54) is 6.07 Å². The number of carbonyl (C=O) groups is 2. The van der Waals surface area contributed by atoms with E-state index in [0.29, 0.717) is 28.6 Å². The molecule has 0 spiro atoms. The van der Waals surface area contributed by atoms with Gasteiger partial charge >= 0.3 is 0 Å². The first-order valence-electron chi connectivity index (χ1n) is 6.56. The van der Waals surface area contributed by atoms with Crippen molar-refractivity contribution in [2.75, 3.05) is 13.3 Å². The van der Waals surface area contributed by atoms with E-state index in [2.05, 4.69) is 10.6 Å². The van der Waals surface area contributed by atoms with Crippen LogP contribution in [0.5, 0.6) is 11.5 Å². The number of halogens is 1. The summed E-state index contributed by atoms with van der Waals surface area (Å²) < 4.78 is 10.4. The molecule has 0 bridgehead atoms. The van der Waals surface area contributed by atoms with Crippen LogP contribution >= 0.6 is 11.6 Å². The monoisotopic (exact) mass is 310 g/mol. The quantitative estimate of drug-likeness (QED) is 0.864. The average Bonchev–Trinajstić information content (AvgIpc) is 2.99. The molecule has 1 aromatic carbocycles. The standard InChI is InChI=1S/C14H15ClN2O4/c1-14(2)5-16-13(19)11(14)17-12(18)7-3-8(15)10-9(4-7)20-6-21-10/h3-4,11H,5-6H2,1-2H3,(H,16,19)(H,17,18). The van der Waals surface area contributed by atoms with Crippen molar-refractivity contribution < 1.29 is 19.1 Å². The van der Waals surface area contributed by atoms with Gasteiger partial charge in [-0.15, -0.1) is 0 Å². The molecule has 6 nitrogen and oxygen atoms in total. The topological polar surface area (TPSA) is 76.7 Å². The van der Waals surface area contributed by atoms with Gasteiger partial charge in [-0.05, 0) is 12.1 Å². The predicted octanol–water partition coefficient (Wildman–Crippen LogP) is 1.32. The second-order valence-corrected chi connectivity index (χ2v) is 6.21. The fourth-order valence-corrected chi connectivity index (χ4v) is 2.71. The van der Waals surface area contributed by atoms with Gasteiger partial charge in [-0.3, -0.25) is 9.59 Å². The smallest absolute Gasteiger partial charge is 0.252 e. The number of carbonyl (C=O) groups excluding carboxylic acids is 2. The van der Waals surface area contributed by atoms with Crippen LogP contribution in [-0.4, -0.2) is 31.2 Å². The van der Waals surface area contributed by atoms with Crippen LogP contribution in [0.1, 0.15) is 24.2 Å². The van der Waals surface area contributed by atoms with Gasteiger partial charge in [0.05, 0.1) is 5.02 Å². The maximum absolute atomic E-state index is 12.3. The summed E-state index contributed by atoms with van der Waals surface area (Å²) in [5, 5.41) is 5.80. The Kier molecular flexibility index (Phi) is 3.20. The molecule has 0 aliphatic carbocycles. The van der Waals surface area contributed by atoms with E-state index in [9.17, 15) is 9.59 Å². The normalized spacial score (nSPS) is 22.0. The van der Waals surface area contributed by atoms with Crippen molar-refractivity contribution in [2.45, 2.75) is 19.9 Å². The van der Waals surface area contributed by atoms with Gasteiger partial charge in [-0.1, -0.05) is 25.4 Å². The number of nitrogens with one attached hydrogen (secondary N) is 2. The lowest BCUT2D eigenvalue weighted by Crippen LogP contribution is -2.46. The number of rotatable bonds is 2. The highest BCUT2D eigenvalue weighted by atomic mass is 35.5. The van der Waals surface area contributed by atoms with E-state index >= 15 is 0 Å². The van der Waals surface area contributed by atoms with E-state index in [1.54, 1.807) is 6.07 Å². The third kappa shape index (κ3) is 2.40. The molecule has 21 heavy (non-hydrogen) atoms. The van der Waals surface area contributed by atoms with Gasteiger partial charge in [0.25, 0.3) is 5.91 Å². The Bertz CT molecular complexity index is 630. The maximum atomic E-state index is 12.3. The Morgan fingerprint density at radius 1 is 1.43 bits per heavy atom. The van der Waals surface area contributed by atoms with Crippen molar-refractivity contribution >= 4 is 23.4 Å². The van der Waals surface area contributed by atoms with Crippen molar-refractivity contribution in [3.63, 3.8) is 0 Å². The van der Waals surface area contributed by atoms with E-state index in [1.807, 2.05) is 13.8 Å². The summed E-state index contributed by atoms with van der Waals surface area (Å²) in [6, 6.07) is 2.49. The molecule has 0 radical (unpaired) electrons. The zero-order valence-electron chi connectivity index (χ0n) is 11.7.